The highest BCUT2D eigenvalue weighted by Gasteiger charge is 2.18. The van der Waals surface area contributed by atoms with Gasteiger partial charge in [-0.15, -0.1) is 34.0 Å². The molecule has 0 saturated heterocycles. The summed E-state index contributed by atoms with van der Waals surface area (Å²) in [7, 11) is 0. The van der Waals surface area contributed by atoms with Gasteiger partial charge in [-0.2, -0.15) is 0 Å². The van der Waals surface area contributed by atoms with Crippen LogP contribution in [0.25, 0.3) is 19.5 Å². The number of hydrogen-bond acceptors (Lipinski definition) is 5. The summed E-state index contributed by atoms with van der Waals surface area (Å²) in [5.74, 6) is 0. The van der Waals surface area contributed by atoms with E-state index in [-0.39, 0.29) is 10.6 Å². The van der Waals surface area contributed by atoms with Crippen LogP contribution >= 0.6 is 34.0 Å². The molecule has 0 spiro atoms. The summed E-state index contributed by atoms with van der Waals surface area (Å²) in [6.45, 7) is 0. The fourth-order valence-corrected chi connectivity index (χ4v) is 4.48. The molecule has 0 fully saturated rings. The third kappa shape index (κ3) is 1.98. The molecule has 0 aliphatic carbocycles. The Balaban J connectivity index is 2.03. The molecule has 3 heterocycles. The maximum atomic E-state index is 10.9. The summed E-state index contributed by atoms with van der Waals surface area (Å²) in [6.07, 6.45) is 0. The van der Waals surface area contributed by atoms with Crippen LogP contribution in [0.15, 0.2) is 41.1 Å². The molecule has 0 aliphatic heterocycles. The molecule has 6 heteroatoms. The molecule has 0 bridgehead atoms. The summed E-state index contributed by atoms with van der Waals surface area (Å²) in [5, 5.41) is 14.7. The number of nitrogens with zero attached hydrogens (tertiary/aromatic N) is 1. The van der Waals surface area contributed by atoms with E-state index in [2.05, 4.69) is 6.07 Å². The largest absolute Gasteiger partial charge is 0.288 e. The van der Waals surface area contributed by atoms with E-state index in [1.165, 1.54) is 16.2 Å². The molecule has 3 aromatic rings. The molecule has 3 nitrogen and oxygen atoms in total. The topological polar surface area (TPSA) is 43.1 Å². The Hall–Kier alpha value is -1.50. The molecule has 0 unspecified atom stereocenters. The van der Waals surface area contributed by atoms with Crippen molar-refractivity contribution in [3.05, 3.63) is 51.2 Å². The van der Waals surface area contributed by atoms with E-state index in [9.17, 15) is 10.1 Å². The summed E-state index contributed by atoms with van der Waals surface area (Å²) >= 11 is 4.69. The first-order valence-electron chi connectivity index (χ1n) is 5.11. The lowest BCUT2D eigenvalue weighted by atomic mass is 10.3. The average molecular weight is 293 g/mol. The first-order valence-corrected chi connectivity index (χ1v) is 7.69. The summed E-state index contributed by atoms with van der Waals surface area (Å²) < 4.78 is 0. The van der Waals surface area contributed by atoms with Gasteiger partial charge in [0, 0.05) is 15.8 Å². The van der Waals surface area contributed by atoms with Crippen molar-refractivity contribution < 1.29 is 4.92 Å². The van der Waals surface area contributed by atoms with Gasteiger partial charge in [0.1, 0.15) is 4.88 Å². The van der Waals surface area contributed by atoms with Crippen molar-refractivity contribution in [1.82, 2.24) is 0 Å². The van der Waals surface area contributed by atoms with Gasteiger partial charge >= 0.3 is 0 Å². The van der Waals surface area contributed by atoms with Crippen molar-refractivity contribution in [2.24, 2.45) is 0 Å². The Bertz CT molecular complexity index is 682. The molecule has 0 saturated carbocycles. The smallest absolute Gasteiger partial charge is 0.258 e. The summed E-state index contributed by atoms with van der Waals surface area (Å²) in [4.78, 5) is 14.6. The van der Waals surface area contributed by atoms with Gasteiger partial charge in [0.2, 0.25) is 0 Å². The SMILES string of the molecule is O=[N+]([O-])c1ccsc1-c1ccc(-c2cccs2)s1. The number of thiophene rings is 3. The Morgan fingerprint density at radius 1 is 0.944 bits per heavy atom. The lowest BCUT2D eigenvalue weighted by molar-refractivity contribution is -0.383. The molecular weight excluding hydrogens is 286 g/mol. The van der Waals surface area contributed by atoms with Gasteiger partial charge in [0.15, 0.2) is 0 Å². The minimum Gasteiger partial charge on any atom is -0.258 e. The van der Waals surface area contributed by atoms with Gasteiger partial charge < -0.3 is 0 Å². The molecule has 0 N–H and O–H groups in total. The Morgan fingerprint density at radius 3 is 2.50 bits per heavy atom. The molecule has 90 valence electrons. The maximum absolute atomic E-state index is 10.9. The molecule has 0 aromatic carbocycles. The van der Waals surface area contributed by atoms with Crippen LogP contribution in [-0.2, 0) is 0 Å². The zero-order chi connectivity index (χ0) is 12.5. The Kier molecular flexibility index (Phi) is 2.99. The van der Waals surface area contributed by atoms with E-state index in [1.807, 2.05) is 23.6 Å². The predicted octanol–water partition coefficient (Wildman–Crippen LogP) is 5.11. The molecule has 18 heavy (non-hydrogen) atoms. The number of nitro groups is 1. The molecule has 3 rings (SSSR count). The second kappa shape index (κ2) is 4.64. The van der Waals surface area contributed by atoms with E-state index in [4.69, 9.17) is 0 Å². The average Bonchev–Trinajstić information content (AvgIpc) is 3.10. The van der Waals surface area contributed by atoms with Gasteiger partial charge in [0.25, 0.3) is 5.69 Å². The van der Waals surface area contributed by atoms with Gasteiger partial charge in [0.05, 0.1) is 9.80 Å². The summed E-state index contributed by atoms with van der Waals surface area (Å²) in [5.41, 5.74) is 0.194. The maximum Gasteiger partial charge on any atom is 0.288 e. The van der Waals surface area contributed by atoms with Crippen LogP contribution in [0.4, 0.5) is 5.69 Å². The number of hydrogen-bond donors (Lipinski definition) is 0. The third-order valence-corrected chi connectivity index (χ3v) is 5.67. The lowest BCUT2D eigenvalue weighted by Crippen LogP contribution is -1.85. The minimum atomic E-state index is -0.323. The second-order valence-electron chi connectivity index (χ2n) is 3.53. The van der Waals surface area contributed by atoms with Crippen LogP contribution in [-0.4, -0.2) is 4.92 Å². The molecule has 3 aromatic heterocycles. The van der Waals surface area contributed by atoms with Crippen molar-refractivity contribution in [3.8, 4) is 19.5 Å². The van der Waals surface area contributed by atoms with Crippen LogP contribution in [0.1, 0.15) is 0 Å². The molecule has 0 amide bonds. The predicted molar refractivity (Wildman–Crippen MR) is 77.6 cm³/mol. The highest BCUT2D eigenvalue weighted by molar-refractivity contribution is 7.26. The van der Waals surface area contributed by atoms with Crippen molar-refractivity contribution >= 4 is 39.7 Å². The Morgan fingerprint density at radius 2 is 1.78 bits per heavy atom. The standard InChI is InChI=1S/C12H7NO2S3/c14-13(15)8-5-7-17-12(8)11-4-3-10(18-11)9-2-1-6-16-9/h1-7H. The van der Waals surface area contributed by atoms with E-state index in [0.29, 0.717) is 0 Å². The quantitative estimate of drug-likeness (QED) is 0.497. The highest BCUT2D eigenvalue weighted by atomic mass is 32.1. The van der Waals surface area contributed by atoms with Crippen LogP contribution in [0, 0.1) is 10.1 Å². The lowest BCUT2D eigenvalue weighted by Gasteiger charge is -1.92. The number of rotatable bonds is 3. The van der Waals surface area contributed by atoms with Crippen molar-refractivity contribution in [1.29, 1.82) is 0 Å². The normalized spacial score (nSPS) is 10.7. The second-order valence-corrected chi connectivity index (χ2v) is 6.48. The fraction of sp³-hybridized carbons (Fsp3) is 0. The fourth-order valence-electron chi connectivity index (χ4n) is 1.64. The third-order valence-electron chi connectivity index (χ3n) is 2.43. The van der Waals surface area contributed by atoms with Crippen LogP contribution < -0.4 is 0 Å². The minimum absolute atomic E-state index is 0.194. The zero-order valence-corrected chi connectivity index (χ0v) is 11.5. The van der Waals surface area contributed by atoms with Crippen LogP contribution in [0.2, 0.25) is 0 Å². The molecule has 0 aliphatic rings. The van der Waals surface area contributed by atoms with Crippen LogP contribution in [0.3, 0.4) is 0 Å². The first kappa shape index (κ1) is 11.6. The zero-order valence-electron chi connectivity index (χ0n) is 9.03. The van der Waals surface area contributed by atoms with Gasteiger partial charge in [-0.05, 0) is 29.0 Å². The Labute approximate surface area is 115 Å². The molecule has 0 radical (unpaired) electrons. The van der Waals surface area contributed by atoms with E-state index in [1.54, 1.807) is 34.1 Å². The highest BCUT2D eigenvalue weighted by Crippen LogP contribution is 2.42. The van der Waals surface area contributed by atoms with Crippen molar-refractivity contribution in [2.45, 2.75) is 0 Å². The van der Waals surface area contributed by atoms with E-state index in [0.717, 1.165) is 14.6 Å². The monoisotopic (exact) mass is 293 g/mol. The first-order chi connectivity index (χ1) is 8.75. The van der Waals surface area contributed by atoms with Crippen molar-refractivity contribution in [3.63, 3.8) is 0 Å². The van der Waals surface area contributed by atoms with Gasteiger partial charge in [-0.25, -0.2) is 0 Å². The van der Waals surface area contributed by atoms with E-state index >= 15 is 0 Å². The molecular formula is C12H7NO2S3. The molecule has 0 atom stereocenters. The van der Waals surface area contributed by atoms with Crippen LogP contribution in [0.5, 0.6) is 0 Å². The summed E-state index contributed by atoms with van der Waals surface area (Å²) in [6, 6.07) is 9.61. The van der Waals surface area contributed by atoms with Gasteiger partial charge in [-0.1, -0.05) is 6.07 Å². The van der Waals surface area contributed by atoms with Crippen molar-refractivity contribution in [2.75, 3.05) is 0 Å². The van der Waals surface area contributed by atoms with Gasteiger partial charge in [-0.3, -0.25) is 10.1 Å². The van der Waals surface area contributed by atoms with E-state index < -0.39 is 0 Å².